The van der Waals surface area contributed by atoms with Crippen molar-refractivity contribution >= 4 is 17.9 Å². The number of aliphatic carboxylic acids is 1. The number of hydrogen-bond acceptors (Lipinski definition) is 6. The first kappa shape index (κ1) is 15.9. The van der Waals surface area contributed by atoms with Gasteiger partial charge in [-0.25, -0.2) is 0 Å². The summed E-state index contributed by atoms with van der Waals surface area (Å²) in [6.07, 6.45) is -4.61. The molecule has 0 fully saturated rings. The molecule has 0 spiro atoms. The molecule has 2 N–H and O–H groups in total. The number of aryl methyl sites for hydroxylation is 1. The molecule has 112 valence electrons. The van der Waals surface area contributed by atoms with Crippen molar-refractivity contribution < 1.29 is 32.3 Å². The Bertz CT molecular complexity index is 488. The summed E-state index contributed by atoms with van der Waals surface area (Å²) < 4.78 is 41.5. The number of anilines is 1. The van der Waals surface area contributed by atoms with Crippen LogP contribution in [-0.2, 0) is 9.59 Å². The second-order valence-electron chi connectivity index (χ2n) is 3.83. The number of halogens is 3. The van der Waals surface area contributed by atoms with Gasteiger partial charge in [-0.3, -0.25) is 19.8 Å². The van der Waals surface area contributed by atoms with Crippen molar-refractivity contribution in [2.45, 2.75) is 13.1 Å². The lowest BCUT2D eigenvalue weighted by atomic mass is 10.4. The average Bonchev–Trinajstić information content (AvgIpc) is 2.59. The minimum Gasteiger partial charge on any atom is -0.480 e. The van der Waals surface area contributed by atoms with Crippen LogP contribution in [-0.4, -0.2) is 57.9 Å². The molecule has 1 aromatic rings. The number of nitrogens with zero attached hydrogens (tertiary/aromatic N) is 3. The molecule has 20 heavy (non-hydrogen) atoms. The number of carbonyl (C=O) groups is 2. The van der Waals surface area contributed by atoms with Gasteiger partial charge in [-0.05, 0) is 0 Å². The minimum atomic E-state index is -4.61. The molecule has 0 radical (unpaired) electrons. The summed E-state index contributed by atoms with van der Waals surface area (Å²) in [6.45, 7) is -1.75. The van der Waals surface area contributed by atoms with Gasteiger partial charge in [-0.1, -0.05) is 5.10 Å². The number of aromatic nitrogens is 2. The number of carboxylic acids is 1. The fraction of sp³-hybridized carbons (Fsp3) is 0.556. The van der Waals surface area contributed by atoms with Crippen molar-refractivity contribution in [2.75, 3.05) is 25.0 Å². The van der Waals surface area contributed by atoms with Crippen LogP contribution >= 0.6 is 0 Å². The van der Waals surface area contributed by atoms with E-state index in [0.717, 1.165) is 0 Å². The predicted octanol–water partition coefficient (Wildman–Crippen LogP) is 0.265. The SMILES string of the molecule is Cc1nnc(NC(=O)CN(CC(=O)O)CC(F)(F)F)o1. The van der Waals surface area contributed by atoms with Crippen molar-refractivity contribution in [3.05, 3.63) is 5.89 Å². The standard InChI is InChI=1S/C9H11F3N4O4/c1-5-14-15-8(20-5)13-6(17)2-16(3-7(18)19)4-9(10,11)12/h2-4H2,1H3,(H,18,19)(H,13,15,17). The summed E-state index contributed by atoms with van der Waals surface area (Å²) in [4.78, 5) is 22.3. The molecule has 11 heteroatoms. The lowest BCUT2D eigenvalue weighted by Crippen LogP contribution is -2.42. The Morgan fingerprint density at radius 3 is 2.45 bits per heavy atom. The van der Waals surface area contributed by atoms with Gasteiger partial charge in [0.2, 0.25) is 11.8 Å². The first-order valence-corrected chi connectivity index (χ1v) is 5.26. The fourth-order valence-electron chi connectivity index (χ4n) is 1.32. The number of carboxylic acid groups (broad SMARTS) is 1. The quantitative estimate of drug-likeness (QED) is 0.775. The molecule has 1 heterocycles. The monoisotopic (exact) mass is 296 g/mol. The van der Waals surface area contributed by atoms with E-state index in [1.54, 1.807) is 0 Å². The highest BCUT2D eigenvalue weighted by Gasteiger charge is 2.32. The first-order chi connectivity index (χ1) is 9.15. The van der Waals surface area contributed by atoms with Crippen LogP contribution in [0.1, 0.15) is 5.89 Å². The van der Waals surface area contributed by atoms with Gasteiger partial charge in [0.05, 0.1) is 19.6 Å². The van der Waals surface area contributed by atoms with E-state index < -0.39 is 37.7 Å². The maximum Gasteiger partial charge on any atom is 0.401 e. The maximum atomic E-state index is 12.2. The van der Waals surface area contributed by atoms with Gasteiger partial charge in [-0.2, -0.15) is 13.2 Å². The Labute approximate surface area is 110 Å². The van der Waals surface area contributed by atoms with Gasteiger partial charge in [0.1, 0.15) is 0 Å². The van der Waals surface area contributed by atoms with Crippen molar-refractivity contribution in [2.24, 2.45) is 0 Å². The van der Waals surface area contributed by atoms with E-state index in [1.807, 2.05) is 0 Å². The number of amides is 1. The van der Waals surface area contributed by atoms with Crippen molar-refractivity contribution in [3.63, 3.8) is 0 Å². The summed E-state index contributed by atoms with van der Waals surface area (Å²) >= 11 is 0. The molecule has 0 atom stereocenters. The van der Waals surface area contributed by atoms with Crippen LogP contribution in [0.2, 0.25) is 0 Å². The number of carbonyl (C=O) groups excluding carboxylic acids is 1. The summed E-state index contributed by atoms with van der Waals surface area (Å²) in [7, 11) is 0. The fourth-order valence-corrected chi connectivity index (χ4v) is 1.32. The van der Waals surface area contributed by atoms with Crippen LogP contribution in [0.3, 0.4) is 0 Å². The third-order valence-electron chi connectivity index (χ3n) is 1.90. The second kappa shape index (κ2) is 6.32. The Balaban J connectivity index is 2.59. The van der Waals surface area contributed by atoms with E-state index in [0.29, 0.717) is 4.90 Å². The highest BCUT2D eigenvalue weighted by Crippen LogP contribution is 2.16. The predicted molar refractivity (Wildman–Crippen MR) is 57.8 cm³/mol. The number of rotatable bonds is 6. The third kappa shape index (κ3) is 6.13. The molecule has 0 aromatic carbocycles. The molecular weight excluding hydrogens is 285 g/mol. The minimum absolute atomic E-state index is 0.165. The highest BCUT2D eigenvalue weighted by molar-refractivity contribution is 5.90. The van der Waals surface area contributed by atoms with E-state index in [-0.39, 0.29) is 11.9 Å². The number of alkyl halides is 3. The molecule has 8 nitrogen and oxygen atoms in total. The summed E-state index contributed by atoms with van der Waals surface area (Å²) in [5, 5.41) is 17.4. The molecular formula is C9H11F3N4O4. The Morgan fingerprint density at radius 1 is 1.35 bits per heavy atom. The van der Waals surface area contributed by atoms with E-state index in [4.69, 9.17) is 9.52 Å². The maximum absolute atomic E-state index is 12.2. The average molecular weight is 296 g/mol. The summed E-state index contributed by atoms with van der Waals surface area (Å²) in [5.74, 6) is -2.20. The van der Waals surface area contributed by atoms with Crippen LogP contribution < -0.4 is 5.32 Å². The highest BCUT2D eigenvalue weighted by atomic mass is 19.4. The molecule has 0 aliphatic rings. The van der Waals surface area contributed by atoms with Gasteiger partial charge in [0.15, 0.2) is 0 Å². The van der Waals surface area contributed by atoms with Crippen LogP contribution in [0.15, 0.2) is 4.42 Å². The van der Waals surface area contributed by atoms with Crippen molar-refractivity contribution in [1.29, 1.82) is 0 Å². The van der Waals surface area contributed by atoms with E-state index >= 15 is 0 Å². The van der Waals surface area contributed by atoms with Crippen LogP contribution in [0.5, 0.6) is 0 Å². The molecule has 0 bridgehead atoms. The first-order valence-electron chi connectivity index (χ1n) is 5.26. The largest absolute Gasteiger partial charge is 0.480 e. The lowest BCUT2D eigenvalue weighted by Gasteiger charge is -2.20. The van der Waals surface area contributed by atoms with Crippen LogP contribution in [0.25, 0.3) is 0 Å². The van der Waals surface area contributed by atoms with Gasteiger partial charge < -0.3 is 9.52 Å². The van der Waals surface area contributed by atoms with E-state index in [9.17, 15) is 22.8 Å². The van der Waals surface area contributed by atoms with Crippen LogP contribution in [0.4, 0.5) is 19.2 Å². The van der Waals surface area contributed by atoms with Crippen molar-refractivity contribution in [3.8, 4) is 0 Å². The second-order valence-corrected chi connectivity index (χ2v) is 3.83. The normalized spacial score (nSPS) is 11.7. The number of nitrogens with one attached hydrogen (secondary N) is 1. The molecule has 1 rings (SSSR count). The molecule has 0 aliphatic heterocycles. The third-order valence-corrected chi connectivity index (χ3v) is 1.90. The van der Waals surface area contributed by atoms with E-state index in [1.165, 1.54) is 6.92 Å². The zero-order chi connectivity index (χ0) is 15.3. The smallest absolute Gasteiger partial charge is 0.401 e. The molecule has 1 aromatic heterocycles. The molecule has 0 saturated heterocycles. The van der Waals surface area contributed by atoms with Gasteiger partial charge in [0.25, 0.3) is 0 Å². The van der Waals surface area contributed by atoms with Gasteiger partial charge in [-0.15, -0.1) is 5.10 Å². The lowest BCUT2D eigenvalue weighted by molar-refractivity contribution is -0.154. The summed E-state index contributed by atoms with van der Waals surface area (Å²) in [5.41, 5.74) is 0. The van der Waals surface area contributed by atoms with Crippen LogP contribution in [0, 0.1) is 6.92 Å². The van der Waals surface area contributed by atoms with Gasteiger partial charge >= 0.3 is 18.2 Å². The molecule has 0 aliphatic carbocycles. The Hall–Kier alpha value is -2.17. The topological polar surface area (TPSA) is 109 Å². The van der Waals surface area contributed by atoms with Gasteiger partial charge in [0, 0.05) is 6.92 Å². The van der Waals surface area contributed by atoms with E-state index in [2.05, 4.69) is 15.5 Å². The molecule has 0 saturated carbocycles. The Morgan fingerprint density at radius 2 is 2.00 bits per heavy atom. The summed E-state index contributed by atoms with van der Waals surface area (Å²) in [6, 6.07) is -0.269. The molecule has 0 unspecified atom stereocenters. The molecule has 1 amide bonds. The van der Waals surface area contributed by atoms with Crippen molar-refractivity contribution in [1.82, 2.24) is 15.1 Å². The number of hydrogen-bond donors (Lipinski definition) is 2. The zero-order valence-electron chi connectivity index (χ0n) is 10.3. The Kier molecular flexibility index (Phi) is 5.02. The zero-order valence-corrected chi connectivity index (χ0v) is 10.3.